The smallest absolute Gasteiger partial charge is 0.0239 e. The van der Waals surface area contributed by atoms with E-state index in [0.717, 1.165) is 13.1 Å². The number of nitrogens with zero attached hydrogens (tertiary/aromatic N) is 1. The van der Waals surface area contributed by atoms with Crippen molar-refractivity contribution in [1.29, 1.82) is 0 Å². The van der Waals surface area contributed by atoms with Crippen molar-refractivity contribution in [2.45, 2.75) is 45.7 Å². The molecule has 2 N–H and O–H groups in total. The molecule has 0 aliphatic carbocycles. The number of aryl methyl sites for hydroxylation is 2. The van der Waals surface area contributed by atoms with E-state index in [2.05, 4.69) is 36.9 Å². The number of hydrogen-bond acceptors (Lipinski definition) is 2. The molecule has 1 saturated heterocycles. The minimum absolute atomic E-state index is 0. The zero-order valence-electron chi connectivity index (χ0n) is 11.5. The van der Waals surface area contributed by atoms with Gasteiger partial charge in [-0.2, -0.15) is 0 Å². The van der Waals surface area contributed by atoms with E-state index in [9.17, 15) is 0 Å². The molecule has 1 heterocycles. The van der Waals surface area contributed by atoms with E-state index in [-0.39, 0.29) is 12.4 Å². The van der Waals surface area contributed by atoms with Crippen molar-refractivity contribution in [3.8, 4) is 0 Å². The summed E-state index contributed by atoms with van der Waals surface area (Å²) in [6.45, 7) is 7.44. The first-order valence-electron chi connectivity index (χ1n) is 6.71. The second-order valence-electron chi connectivity index (χ2n) is 5.29. The lowest BCUT2D eigenvalue weighted by atomic mass is 9.99. The van der Waals surface area contributed by atoms with E-state index in [1.807, 2.05) is 0 Å². The minimum Gasteiger partial charge on any atom is -0.329 e. The molecule has 1 aliphatic rings. The Morgan fingerprint density at radius 3 is 2.78 bits per heavy atom. The number of rotatable bonds is 3. The fraction of sp³-hybridized carbons (Fsp3) is 0.600. The normalized spacial score (nSPS) is 20.5. The molecule has 0 bridgehead atoms. The largest absolute Gasteiger partial charge is 0.329 e. The maximum atomic E-state index is 5.87. The summed E-state index contributed by atoms with van der Waals surface area (Å²) in [6, 6.07) is 7.32. The first-order chi connectivity index (χ1) is 8.20. The number of hydrogen-bond donors (Lipinski definition) is 1. The van der Waals surface area contributed by atoms with Gasteiger partial charge in [0.05, 0.1) is 0 Å². The molecule has 1 aromatic rings. The van der Waals surface area contributed by atoms with Gasteiger partial charge in [-0.15, -0.1) is 12.4 Å². The zero-order valence-corrected chi connectivity index (χ0v) is 12.3. The average molecular weight is 269 g/mol. The van der Waals surface area contributed by atoms with Gasteiger partial charge in [-0.05, 0) is 44.4 Å². The summed E-state index contributed by atoms with van der Waals surface area (Å²) in [4.78, 5) is 2.56. The summed E-state index contributed by atoms with van der Waals surface area (Å²) in [5.74, 6) is 0. The molecule has 0 amide bonds. The molecule has 1 aromatic carbocycles. The molecular weight excluding hydrogens is 244 g/mol. The van der Waals surface area contributed by atoms with Crippen LogP contribution in [0.5, 0.6) is 0 Å². The van der Waals surface area contributed by atoms with Crippen LogP contribution in [0, 0.1) is 13.8 Å². The summed E-state index contributed by atoms with van der Waals surface area (Å²) >= 11 is 0. The SMILES string of the molecule is Cc1ccc(C)c(CN2CCCCC2CN)c1.Cl. The summed E-state index contributed by atoms with van der Waals surface area (Å²) < 4.78 is 0. The van der Waals surface area contributed by atoms with Crippen LogP contribution in [-0.4, -0.2) is 24.0 Å². The summed E-state index contributed by atoms with van der Waals surface area (Å²) in [5, 5.41) is 0. The zero-order chi connectivity index (χ0) is 12.3. The molecule has 0 spiro atoms. The highest BCUT2D eigenvalue weighted by atomic mass is 35.5. The predicted molar refractivity (Wildman–Crippen MR) is 80.3 cm³/mol. The van der Waals surface area contributed by atoms with E-state index in [1.165, 1.54) is 42.5 Å². The number of benzene rings is 1. The number of nitrogens with two attached hydrogens (primary N) is 1. The van der Waals surface area contributed by atoms with Crippen LogP contribution in [0.15, 0.2) is 18.2 Å². The van der Waals surface area contributed by atoms with Crippen molar-refractivity contribution < 1.29 is 0 Å². The third-order valence-electron chi connectivity index (χ3n) is 3.90. The Hall–Kier alpha value is -0.570. The van der Waals surface area contributed by atoms with Crippen LogP contribution in [0.1, 0.15) is 36.0 Å². The van der Waals surface area contributed by atoms with Crippen molar-refractivity contribution in [1.82, 2.24) is 4.90 Å². The van der Waals surface area contributed by atoms with Crippen molar-refractivity contribution in [2.75, 3.05) is 13.1 Å². The van der Waals surface area contributed by atoms with Gasteiger partial charge in [0.2, 0.25) is 0 Å². The molecule has 2 rings (SSSR count). The first kappa shape index (κ1) is 15.5. The Morgan fingerprint density at radius 2 is 2.06 bits per heavy atom. The number of likely N-dealkylation sites (tertiary alicyclic amines) is 1. The predicted octanol–water partition coefficient (Wildman–Crippen LogP) is 3.04. The molecule has 102 valence electrons. The highest BCUT2D eigenvalue weighted by molar-refractivity contribution is 5.85. The topological polar surface area (TPSA) is 29.3 Å². The van der Waals surface area contributed by atoms with Crippen molar-refractivity contribution in [3.05, 3.63) is 34.9 Å². The van der Waals surface area contributed by atoms with Crippen molar-refractivity contribution >= 4 is 12.4 Å². The second kappa shape index (κ2) is 7.13. The molecule has 18 heavy (non-hydrogen) atoms. The molecule has 2 nitrogen and oxygen atoms in total. The maximum absolute atomic E-state index is 5.87. The monoisotopic (exact) mass is 268 g/mol. The second-order valence-corrected chi connectivity index (χ2v) is 5.29. The molecule has 1 unspecified atom stereocenters. The first-order valence-corrected chi connectivity index (χ1v) is 6.71. The van der Waals surface area contributed by atoms with Gasteiger partial charge in [-0.25, -0.2) is 0 Å². The number of piperidine rings is 1. The van der Waals surface area contributed by atoms with Crippen LogP contribution < -0.4 is 5.73 Å². The van der Waals surface area contributed by atoms with Gasteiger partial charge in [0.25, 0.3) is 0 Å². The van der Waals surface area contributed by atoms with E-state index in [0.29, 0.717) is 6.04 Å². The highest BCUT2D eigenvalue weighted by Crippen LogP contribution is 2.21. The lowest BCUT2D eigenvalue weighted by Crippen LogP contribution is -2.43. The lowest BCUT2D eigenvalue weighted by Gasteiger charge is -2.35. The van der Waals surface area contributed by atoms with E-state index < -0.39 is 0 Å². The van der Waals surface area contributed by atoms with Gasteiger partial charge in [0.1, 0.15) is 0 Å². The molecule has 0 saturated carbocycles. The van der Waals surface area contributed by atoms with Crippen LogP contribution in [0.4, 0.5) is 0 Å². The highest BCUT2D eigenvalue weighted by Gasteiger charge is 2.21. The fourth-order valence-corrected chi connectivity index (χ4v) is 2.72. The van der Waals surface area contributed by atoms with Gasteiger partial charge in [0.15, 0.2) is 0 Å². The standard InChI is InChI=1S/C15H24N2.ClH/c1-12-6-7-13(2)14(9-12)11-17-8-4-3-5-15(17)10-16;/h6-7,9,15H,3-5,8,10-11,16H2,1-2H3;1H. The molecule has 0 aromatic heterocycles. The third-order valence-corrected chi connectivity index (χ3v) is 3.90. The molecule has 1 aliphatic heterocycles. The molecular formula is C15H25ClN2. The van der Waals surface area contributed by atoms with Gasteiger partial charge in [0, 0.05) is 19.1 Å². The van der Waals surface area contributed by atoms with Crippen LogP contribution >= 0.6 is 12.4 Å². The van der Waals surface area contributed by atoms with Crippen molar-refractivity contribution in [2.24, 2.45) is 5.73 Å². The van der Waals surface area contributed by atoms with E-state index in [1.54, 1.807) is 0 Å². The summed E-state index contributed by atoms with van der Waals surface area (Å²) in [6.07, 6.45) is 3.92. The van der Waals surface area contributed by atoms with Crippen LogP contribution in [-0.2, 0) is 6.54 Å². The molecule has 0 radical (unpaired) electrons. The summed E-state index contributed by atoms with van der Waals surface area (Å²) in [7, 11) is 0. The number of halogens is 1. The Labute approximate surface area is 117 Å². The van der Waals surface area contributed by atoms with E-state index in [4.69, 9.17) is 5.73 Å². The quantitative estimate of drug-likeness (QED) is 0.913. The Kier molecular flexibility index (Phi) is 6.13. The molecule has 1 atom stereocenters. The van der Waals surface area contributed by atoms with Gasteiger partial charge >= 0.3 is 0 Å². The molecule has 1 fully saturated rings. The van der Waals surface area contributed by atoms with Gasteiger partial charge < -0.3 is 5.73 Å². The van der Waals surface area contributed by atoms with Crippen molar-refractivity contribution in [3.63, 3.8) is 0 Å². The van der Waals surface area contributed by atoms with Crippen LogP contribution in [0.3, 0.4) is 0 Å². The van der Waals surface area contributed by atoms with Gasteiger partial charge in [-0.3, -0.25) is 4.90 Å². The van der Waals surface area contributed by atoms with Crippen LogP contribution in [0.2, 0.25) is 0 Å². The van der Waals surface area contributed by atoms with Crippen LogP contribution in [0.25, 0.3) is 0 Å². The third kappa shape index (κ3) is 3.71. The minimum atomic E-state index is 0. The maximum Gasteiger partial charge on any atom is 0.0239 e. The summed E-state index contributed by atoms with van der Waals surface area (Å²) in [5.41, 5.74) is 10.1. The van der Waals surface area contributed by atoms with E-state index >= 15 is 0 Å². The lowest BCUT2D eigenvalue weighted by molar-refractivity contribution is 0.144. The Morgan fingerprint density at radius 1 is 1.28 bits per heavy atom. The average Bonchev–Trinajstić information content (AvgIpc) is 2.34. The van der Waals surface area contributed by atoms with Gasteiger partial charge in [-0.1, -0.05) is 30.2 Å². The Bertz CT molecular complexity index is 379. The fourth-order valence-electron chi connectivity index (χ4n) is 2.72. The Balaban J connectivity index is 0.00000162. The molecule has 3 heteroatoms.